The van der Waals surface area contributed by atoms with Crippen LogP contribution in [0.1, 0.15) is 43.6 Å². The van der Waals surface area contributed by atoms with Crippen LogP contribution in [0.4, 0.5) is 8.78 Å². The third kappa shape index (κ3) is 2.49. The van der Waals surface area contributed by atoms with Crippen molar-refractivity contribution in [2.24, 2.45) is 5.92 Å². The molecule has 0 aromatic heterocycles. The molecule has 0 bridgehead atoms. The summed E-state index contributed by atoms with van der Waals surface area (Å²) in [6.45, 7) is 0. The van der Waals surface area contributed by atoms with Crippen LogP contribution in [0.2, 0.25) is 0 Å². The Morgan fingerprint density at radius 3 is 2.53 bits per heavy atom. The van der Waals surface area contributed by atoms with Crippen LogP contribution in [0.3, 0.4) is 0 Å². The third-order valence-electron chi connectivity index (χ3n) is 4.34. The molecule has 2 aliphatic carbocycles. The topological polar surface area (TPSA) is 0 Å². The van der Waals surface area contributed by atoms with Crippen molar-refractivity contribution in [3.63, 3.8) is 0 Å². The van der Waals surface area contributed by atoms with Gasteiger partial charge in [-0.25, -0.2) is 8.78 Å². The fourth-order valence-electron chi connectivity index (χ4n) is 3.24. The lowest BCUT2D eigenvalue weighted by molar-refractivity contribution is 0.494. The zero-order valence-corrected chi connectivity index (χ0v) is 10.9. The highest BCUT2D eigenvalue weighted by Gasteiger charge is 2.22. The second-order valence-corrected chi connectivity index (χ2v) is 5.53. The van der Waals surface area contributed by atoms with Gasteiger partial charge in [0.05, 0.1) is 0 Å². The molecule has 0 nitrogen and oxygen atoms in total. The van der Waals surface area contributed by atoms with Crippen LogP contribution in [0.15, 0.2) is 42.0 Å². The predicted molar refractivity (Wildman–Crippen MR) is 72.9 cm³/mol. The van der Waals surface area contributed by atoms with Crippen molar-refractivity contribution in [3.8, 4) is 0 Å². The Labute approximate surface area is 112 Å². The molecule has 0 spiro atoms. The van der Waals surface area contributed by atoms with Crippen molar-refractivity contribution in [1.82, 2.24) is 0 Å². The second kappa shape index (κ2) is 5.28. The molecular formula is C17H18F2. The molecule has 100 valence electrons. The molecule has 0 N–H and O–H groups in total. The third-order valence-corrected chi connectivity index (χ3v) is 4.34. The Bertz CT molecular complexity index is 522. The lowest BCUT2D eigenvalue weighted by Gasteiger charge is -2.20. The molecule has 1 atom stereocenters. The summed E-state index contributed by atoms with van der Waals surface area (Å²) in [5.74, 6) is -0.790. The lowest BCUT2D eigenvalue weighted by Crippen LogP contribution is -2.06. The van der Waals surface area contributed by atoms with Gasteiger partial charge in [-0.05, 0) is 42.4 Å². The number of hydrogen-bond donors (Lipinski definition) is 0. The van der Waals surface area contributed by atoms with Crippen molar-refractivity contribution in [2.45, 2.75) is 38.0 Å². The molecule has 0 heterocycles. The van der Waals surface area contributed by atoms with E-state index in [0.29, 0.717) is 11.5 Å². The van der Waals surface area contributed by atoms with Crippen LogP contribution in [-0.2, 0) is 0 Å². The van der Waals surface area contributed by atoms with E-state index >= 15 is 0 Å². The van der Waals surface area contributed by atoms with Crippen LogP contribution in [0.25, 0.3) is 0 Å². The number of benzene rings is 1. The van der Waals surface area contributed by atoms with Crippen molar-refractivity contribution >= 4 is 0 Å². The number of halogens is 2. The highest BCUT2D eigenvalue weighted by atomic mass is 19.2. The molecule has 3 rings (SSSR count). The number of allylic oxidation sites excluding steroid dienone is 4. The minimum Gasteiger partial charge on any atom is -0.204 e. The summed E-state index contributed by atoms with van der Waals surface area (Å²) in [7, 11) is 0. The van der Waals surface area contributed by atoms with Gasteiger partial charge in [0.15, 0.2) is 11.6 Å². The summed E-state index contributed by atoms with van der Waals surface area (Å²) < 4.78 is 27.0. The fourth-order valence-corrected chi connectivity index (χ4v) is 3.24. The zero-order chi connectivity index (χ0) is 13.2. The molecule has 0 unspecified atom stereocenters. The van der Waals surface area contributed by atoms with Gasteiger partial charge in [-0.15, -0.1) is 0 Å². The van der Waals surface area contributed by atoms with Gasteiger partial charge in [-0.1, -0.05) is 43.2 Å². The lowest BCUT2D eigenvalue weighted by atomic mass is 9.85. The van der Waals surface area contributed by atoms with E-state index in [4.69, 9.17) is 0 Å². The van der Waals surface area contributed by atoms with Crippen molar-refractivity contribution < 1.29 is 8.78 Å². The van der Waals surface area contributed by atoms with Gasteiger partial charge < -0.3 is 0 Å². The van der Waals surface area contributed by atoms with Gasteiger partial charge in [-0.2, -0.15) is 0 Å². The van der Waals surface area contributed by atoms with Gasteiger partial charge in [0.25, 0.3) is 0 Å². The van der Waals surface area contributed by atoms with Crippen molar-refractivity contribution in [2.75, 3.05) is 0 Å². The Balaban J connectivity index is 1.76. The molecule has 1 saturated carbocycles. The van der Waals surface area contributed by atoms with Crippen molar-refractivity contribution in [3.05, 3.63) is 59.2 Å². The molecule has 2 heteroatoms. The smallest absolute Gasteiger partial charge is 0.162 e. The molecule has 1 aromatic rings. The first-order valence-electron chi connectivity index (χ1n) is 7.08. The minimum absolute atomic E-state index is 0.0270. The summed E-state index contributed by atoms with van der Waals surface area (Å²) in [5.41, 5.74) is 1.86. The standard InChI is InChI=1S/C17H18F2/c18-16-7-3-6-15(17(16)19)14-10-8-13(9-11-14)12-4-1-2-5-12/h3,6-10,12,14H,1-2,4-5,11H2/t14-/m1/s1. The maximum atomic E-state index is 13.8. The summed E-state index contributed by atoms with van der Waals surface area (Å²) >= 11 is 0. The van der Waals surface area contributed by atoms with Crippen LogP contribution in [0.5, 0.6) is 0 Å². The van der Waals surface area contributed by atoms with Crippen molar-refractivity contribution in [1.29, 1.82) is 0 Å². The molecule has 0 amide bonds. The maximum absolute atomic E-state index is 13.8. The largest absolute Gasteiger partial charge is 0.204 e. The fraction of sp³-hybridized carbons (Fsp3) is 0.412. The normalized spacial score (nSPS) is 23.7. The monoisotopic (exact) mass is 260 g/mol. The summed E-state index contributed by atoms with van der Waals surface area (Å²) in [5, 5.41) is 0. The first-order chi connectivity index (χ1) is 9.25. The molecule has 1 fully saturated rings. The molecule has 2 aliphatic rings. The molecule has 1 aromatic carbocycles. The summed E-state index contributed by atoms with van der Waals surface area (Å²) in [6, 6.07) is 4.44. The van der Waals surface area contributed by atoms with Crippen LogP contribution in [0, 0.1) is 17.6 Å². The van der Waals surface area contributed by atoms with Crippen LogP contribution in [-0.4, -0.2) is 0 Å². The highest BCUT2D eigenvalue weighted by molar-refractivity contribution is 5.35. The summed E-state index contributed by atoms with van der Waals surface area (Å²) in [6.07, 6.45) is 12.3. The molecule has 0 aliphatic heterocycles. The molecule has 19 heavy (non-hydrogen) atoms. The quantitative estimate of drug-likeness (QED) is 0.692. The van der Waals surface area contributed by atoms with E-state index in [1.807, 2.05) is 6.08 Å². The SMILES string of the molecule is Fc1cccc([C@@H]2C=CC(C3CCCC3)=CC2)c1F. The van der Waals surface area contributed by atoms with E-state index < -0.39 is 11.6 Å². The van der Waals surface area contributed by atoms with E-state index in [0.717, 1.165) is 6.42 Å². The molecular weight excluding hydrogens is 242 g/mol. The Hall–Kier alpha value is -1.44. The number of hydrogen-bond acceptors (Lipinski definition) is 0. The Morgan fingerprint density at radius 2 is 1.84 bits per heavy atom. The minimum atomic E-state index is -0.753. The zero-order valence-electron chi connectivity index (χ0n) is 10.9. The average molecular weight is 260 g/mol. The van der Waals surface area contributed by atoms with E-state index in [-0.39, 0.29) is 5.92 Å². The van der Waals surface area contributed by atoms with Gasteiger partial charge in [0.2, 0.25) is 0 Å². The molecule has 0 radical (unpaired) electrons. The second-order valence-electron chi connectivity index (χ2n) is 5.53. The van der Waals surface area contributed by atoms with Crippen LogP contribution < -0.4 is 0 Å². The van der Waals surface area contributed by atoms with Crippen LogP contribution >= 0.6 is 0 Å². The highest BCUT2D eigenvalue weighted by Crippen LogP contribution is 2.36. The summed E-state index contributed by atoms with van der Waals surface area (Å²) in [4.78, 5) is 0. The first kappa shape index (κ1) is 12.6. The Kier molecular flexibility index (Phi) is 3.50. The van der Waals surface area contributed by atoms with E-state index in [2.05, 4.69) is 12.2 Å². The van der Waals surface area contributed by atoms with E-state index in [9.17, 15) is 8.78 Å². The average Bonchev–Trinajstić information content (AvgIpc) is 2.96. The van der Waals surface area contributed by atoms with Gasteiger partial charge >= 0.3 is 0 Å². The predicted octanol–water partition coefficient (Wildman–Crippen LogP) is 5.12. The van der Waals surface area contributed by atoms with Gasteiger partial charge in [-0.3, -0.25) is 0 Å². The Morgan fingerprint density at radius 1 is 1.05 bits per heavy atom. The van der Waals surface area contributed by atoms with E-state index in [1.165, 1.54) is 37.3 Å². The number of rotatable bonds is 2. The van der Waals surface area contributed by atoms with Gasteiger partial charge in [0, 0.05) is 5.92 Å². The molecule has 0 saturated heterocycles. The maximum Gasteiger partial charge on any atom is 0.162 e. The van der Waals surface area contributed by atoms with E-state index in [1.54, 1.807) is 12.1 Å². The van der Waals surface area contributed by atoms with Gasteiger partial charge in [0.1, 0.15) is 0 Å². The first-order valence-corrected chi connectivity index (χ1v) is 7.08.